The molecule has 0 aromatic carbocycles. The molecule has 0 aliphatic rings. The lowest BCUT2D eigenvalue weighted by Crippen LogP contribution is -2.38. The Morgan fingerprint density at radius 1 is 1.28 bits per heavy atom. The topological polar surface area (TPSA) is 45.7 Å². The lowest BCUT2D eigenvalue weighted by atomic mass is 10.4. The molecule has 4 nitrogen and oxygen atoms in total. The number of rotatable bonds is 7. The highest BCUT2D eigenvalue weighted by Gasteiger charge is 1.99. The summed E-state index contributed by atoms with van der Waals surface area (Å²) in [6.07, 6.45) is 1.10. The molecule has 0 saturated carbocycles. The van der Waals surface area contributed by atoms with Crippen LogP contribution >= 0.6 is 11.3 Å². The minimum Gasteiger partial charge on any atom is -0.383 e. The number of methoxy groups -OCH3 is 1. The van der Waals surface area contributed by atoms with E-state index in [0.29, 0.717) is 6.61 Å². The minimum absolute atomic E-state index is 0.684. The van der Waals surface area contributed by atoms with Crippen molar-refractivity contribution >= 4 is 17.3 Å². The monoisotopic (exact) mass is 269 g/mol. The van der Waals surface area contributed by atoms with Crippen molar-refractivity contribution in [2.45, 2.75) is 26.8 Å². The molecule has 0 aliphatic carbocycles. The van der Waals surface area contributed by atoms with E-state index in [1.165, 1.54) is 9.75 Å². The maximum absolute atomic E-state index is 5.01. The van der Waals surface area contributed by atoms with Crippen LogP contribution in [0, 0.1) is 0 Å². The highest BCUT2D eigenvalue weighted by atomic mass is 32.1. The van der Waals surface area contributed by atoms with Gasteiger partial charge >= 0.3 is 0 Å². The summed E-state index contributed by atoms with van der Waals surface area (Å²) >= 11 is 1.83. The zero-order valence-corrected chi connectivity index (χ0v) is 12.3. The Kier molecular flexibility index (Phi) is 7.44. The normalized spacial score (nSPS) is 11.6. The molecular weight excluding hydrogens is 246 g/mol. The van der Waals surface area contributed by atoms with Crippen molar-refractivity contribution in [1.29, 1.82) is 0 Å². The van der Waals surface area contributed by atoms with E-state index in [1.54, 1.807) is 7.11 Å². The van der Waals surface area contributed by atoms with Crippen molar-refractivity contribution < 1.29 is 4.74 Å². The van der Waals surface area contributed by atoms with Crippen LogP contribution in [0.25, 0.3) is 0 Å². The van der Waals surface area contributed by atoms with Crippen LogP contribution in [-0.4, -0.2) is 32.8 Å². The Morgan fingerprint density at radius 3 is 2.67 bits per heavy atom. The molecule has 0 atom stereocenters. The fourth-order valence-electron chi connectivity index (χ4n) is 1.47. The van der Waals surface area contributed by atoms with Crippen LogP contribution in [0.4, 0.5) is 0 Å². The van der Waals surface area contributed by atoms with Crippen molar-refractivity contribution in [3.63, 3.8) is 0 Å². The van der Waals surface area contributed by atoms with Crippen molar-refractivity contribution in [3.8, 4) is 0 Å². The summed E-state index contributed by atoms with van der Waals surface area (Å²) in [5, 5.41) is 6.45. The molecule has 1 heterocycles. The van der Waals surface area contributed by atoms with E-state index < -0.39 is 0 Å². The number of guanidine groups is 1. The number of ether oxygens (including phenoxy) is 1. The van der Waals surface area contributed by atoms with Gasteiger partial charge in [-0.2, -0.15) is 0 Å². The Bertz CT molecular complexity index is 363. The third-order valence-electron chi connectivity index (χ3n) is 2.40. The predicted molar refractivity (Wildman–Crippen MR) is 78.4 cm³/mol. The summed E-state index contributed by atoms with van der Waals surface area (Å²) in [4.78, 5) is 7.27. The van der Waals surface area contributed by atoms with Gasteiger partial charge in [-0.1, -0.05) is 6.92 Å². The highest BCUT2D eigenvalue weighted by Crippen LogP contribution is 2.17. The molecule has 0 radical (unpaired) electrons. The van der Waals surface area contributed by atoms with Gasteiger partial charge in [0.15, 0.2) is 5.96 Å². The number of aryl methyl sites for hydroxylation is 1. The van der Waals surface area contributed by atoms with E-state index in [4.69, 9.17) is 4.74 Å². The van der Waals surface area contributed by atoms with Crippen LogP contribution in [0.3, 0.4) is 0 Å². The van der Waals surface area contributed by atoms with Crippen LogP contribution in [0.2, 0.25) is 0 Å². The largest absolute Gasteiger partial charge is 0.383 e. The van der Waals surface area contributed by atoms with Gasteiger partial charge in [0.25, 0.3) is 0 Å². The molecule has 0 aliphatic heterocycles. The van der Waals surface area contributed by atoms with E-state index in [9.17, 15) is 0 Å². The Hall–Kier alpha value is -1.07. The second-order valence-electron chi connectivity index (χ2n) is 3.84. The van der Waals surface area contributed by atoms with E-state index in [2.05, 4.69) is 41.6 Å². The van der Waals surface area contributed by atoms with Crippen molar-refractivity contribution in [3.05, 3.63) is 21.9 Å². The van der Waals surface area contributed by atoms with Gasteiger partial charge < -0.3 is 15.4 Å². The third kappa shape index (κ3) is 5.51. The summed E-state index contributed by atoms with van der Waals surface area (Å²) in [5.74, 6) is 0.848. The van der Waals surface area contributed by atoms with Crippen LogP contribution in [0.15, 0.2) is 17.1 Å². The van der Waals surface area contributed by atoms with Gasteiger partial charge in [0.05, 0.1) is 13.2 Å². The predicted octanol–water partition coefficient (Wildman–Crippen LogP) is 2.01. The maximum Gasteiger partial charge on any atom is 0.191 e. The van der Waals surface area contributed by atoms with E-state index >= 15 is 0 Å². The lowest BCUT2D eigenvalue weighted by molar-refractivity contribution is 0.203. The molecule has 1 aromatic rings. The Labute approximate surface area is 113 Å². The molecule has 18 heavy (non-hydrogen) atoms. The van der Waals surface area contributed by atoms with Crippen LogP contribution in [0.5, 0.6) is 0 Å². The first kappa shape index (κ1) is 15.0. The summed E-state index contributed by atoms with van der Waals surface area (Å²) in [5.41, 5.74) is 0. The number of aliphatic imine (C=N–C) groups is 1. The summed E-state index contributed by atoms with van der Waals surface area (Å²) < 4.78 is 5.01. The first-order chi connectivity index (χ1) is 8.80. The highest BCUT2D eigenvalue weighted by molar-refractivity contribution is 7.11. The fraction of sp³-hybridized carbons (Fsp3) is 0.615. The molecule has 0 unspecified atom stereocenters. The molecule has 0 bridgehead atoms. The average Bonchev–Trinajstić information content (AvgIpc) is 2.84. The van der Waals surface area contributed by atoms with Gasteiger partial charge in [-0.15, -0.1) is 11.3 Å². The molecule has 102 valence electrons. The van der Waals surface area contributed by atoms with Crippen LogP contribution < -0.4 is 10.6 Å². The zero-order valence-electron chi connectivity index (χ0n) is 11.5. The van der Waals surface area contributed by atoms with Gasteiger partial charge in [0.2, 0.25) is 0 Å². The maximum atomic E-state index is 5.01. The minimum atomic E-state index is 0.684. The van der Waals surface area contributed by atoms with Gasteiger partial charge in [0.1, 0.15) is 0 Å². The summed E-state index contributed by atoms with van der Waals surface area (Å²) in [6, 6.07) is 4.34. The molecule has 5 heteroatoms. The number of hydrogen-bond donors (Lipinski definition) is 2. The quantitative estimate of drug-likeness (QED) is 0.452. The molecular formula is C13H23N3OS. The first-order valence-electron chi connectivity index (χ1n) is 6.38. The van der Waals surface area contributed by atoms with Crippen molar-refractivity contribution in [1.82, 2.24) is 10.6 Å². The smallest absolute Gasteiger partial charge is 0.191 e. The van der Waals surface area contributed by atoms with Gasteiger partial charge in [-0.25, -0.2) is 4.99 Å². The second-order valence-corrected chi connectivity index (χ2v) is 5.09. The van der Waals surface area contributed by atoms with Crippen molar-refractivity contribution in [2.75, 3.05) is 26.8 Å². The molecule has 0 spiro atoms. The Morgan fingerprint density at radius 2 is 2.06 bits per heavy atom. The summed E-state index contributed by atoms with van der Waals surface area (Å²) in [6.45, 7) is 7.29. The molecule has 0 amide bonds. The number of hydrogen-bond acceptors (Lipinski definition) is 3. The van der Waals surface area contributed by atoms with Crippen molar-refractivity contribution in [2.24, 2.45) is 4.99 Å². The van der Waals surface area contributed by atoms with E-state index in [1.807, 2.05) is 11.3 Å². The van der Waals surface area contributed by atoms with Gasteiger partial charge in [-0.05, 0) is 25.5 Å². The fourth-order valence-corrected chi connectivity index (χ4v) is 2.35. The Balaban J connectivity index is 2.47. The molecule has 0 fully saturated rings. The molecule has 0 saturated heterocycles. The SMILES string of the molecule is CCNC(=NCc1ccc(CC)s1)NCCOC. The zero-order chi connectivity index (χ0) is 13.2. The number of nitrogens with one attached hydrogen (secondary N) is 2. The number of thiophene rings is 1. The lowest BCUT2D eigenvalue weighted by Gasteiger charge is -2.10. The van der Waals surface area contributed by atoms with E-state index in [-0.39, 0.29) is 0 Å². The molecule has 2 N–H and O–H groups in total. The average molecular weight is 269 g/mol. The van der Waals surface area contributed by atoms with Crippen LogP contribution in [0.1, 0.15) is 23.6 Å². The standard InChI is InChI=1S/C13H23N3OS/c1-4-11-6-7-12(18-11)10-16-13(14-5-2)15-8-9-17-3/h6-7H,4-5,8-10H2,1-3H3,(H2,14,15,16). The molecule has 1 rings (SSSR count). The van der Waals surface area contributed by atoms with Gasteiger partial charge in [0, 0.05) is 30.0 Å². The summed E-state index contributed by atoms with van der Waals surface area (Å²) in [7, 11) is 1.70. The van der Waals surface area contributed by atoms with Gasteiger partial charge in [-0.3, -0.25) is 0 Å². The van der Waals surface area contributed by atoms with E-state index in [0.717, 1.165) is 32.0 Å². The molecule has 1 aromatic heterocycles. The van der Waals surface area contributed by atoms with Crippen LogP contribution in [-0.2, 0) is 17.7 Å². The third-order valence-corrected chi connectivity index (χ3v) is 3.62. The first-order valence-corrected chi connectivity index (χ1v) is 7.20. The second kappa shape index (κ2) is 8.94. The number of nitrogens with zero attached hydrogens (tertiary/aromatic N) is 1.